The van der Waals surface area contributed by atoms with Gasteiger partial charge in [0.05, 0.1) is 31.2 Å². The zero-order valence-corrected chi connectivity index (χ0v) is 20.6. The third-order valence-electron chi connectivity index (χ3n) is 6.87. The van der Waals surface area contributed by atoms with E-state index < -0.39 is 28.1 Å². The van der Waals surface area contributed by atoms with E-state index in [1.165, 1.54) is 22.5 Å². The van der Waals surface area contributed by atoms with Gasteiger partial charge in [-0.2, -0.15) is 4.31 Å². The summed E-state index contributed by atoms with van der Waals surface area (Å²) >= 11 is 12.2. The zero-order chi connectivity index (χ0) is 23.5. The minimum Gasteiger partial charge on any atom is -0.497 e. The first kappa shape index (κ1) is 22.8. The van der Waals surface area contributed by atoms with Gasteiger partial charge in [0.25, 0.3) is 0 Å². The molecule has 0 saturated carbocycles. The summed E-state index contributed by atoms with van der Waals surface area (Å²) in [5, 5.41) is 0.459. The van der Waals surface area contributed by atoms with Crippen LogP contribution in [0.5, 0.6) is 11.5 Å². The first-order valence-electron chi connectivity index (χ1n) is 10.8. The van der Waals surface area contributed by atoms with Crippen molar-refractivity contribution in [1.29, 1.82) is 0 Å². The van der Waals surface area contributed by atoms with E-state index in [1.54, 1.807) is 20.3 Å². The molecule has 10 heteroatoms. The molecule has 33 heavy (non-hydrogen) atoms. The number of hydrogen-bond acceptors (Lipinski definition) is 5. The highest BCUT2D eigenvalue weighted by Crippen LogP contribution is 2.49. The predicted octanol–water partition coefficient (Wildman–Crippen LogP) is 4.06. The van der Waals surface area contributed by atoms with Crippen molar-refractivity contribution in [3.8, 4) is 11.5 Å². The van der Waals surface area contributed by atoms with Crippen molar-refractivity contribution in [2.45, 2.75) is 48.7 Å². The van der Waals surface area contributed by atoms with Gasteiger partial charge >= 0.3 is 0 Å². The Balaban J connectivity index is 1.67. The number of benzene rings is 2. The Morgan fingerprint density at radius 2 is 1.73 bits per heavy atom. The van der Waals surface area contributed by atoms with Gasteiger partial charge in [0, 0.05) is 28.2 Å². The highest BCUT2D eigenvalue weighted by Gasteiger charge is 2.55. The number of carbonyl (C=O) groups is 1. The lowest BCUT2D eigenvalue weighted by Gasteiger charge is -2.54. The number of hydrogen-bond donors (Lipinski definition) is 0. The van der Waals surface area contributed by atoms with Crippen molar-refractivity contribution in [2.24, 2.45) is 0 Å². The lowest BCUT2D eigenvalue weighted by atomic mass is 9.79. The highest BCUT2D eigenvalue weighted by atomic mass is 35.5. The number of piperazine rings is 1. The largest absolute Gasteiger partial charge is 0.497 e. The average molecular weight is 511 g/mol. The summed E-state index contributed by atoms with van der Waals surface area (Å²) in [6, 6.07) is 6.39. The maximum absolute atomic E-state index is 13.9. The Morgan fingerprint density at radius 1 is 1.00 bits per heavy atom. The number of nitrogens with zero attached hydrogens (tertiary/aromatic N) is 2. The summed E-state index contributed by atoms with van der Waals surface area (Å²) in [6.45, 7) is 0.525. The van der Waals surface area contributed by atoms with Crippen molar-refractivity contribution in [1.82, 2.24) is 9.21 Å². The molecule has 0 aromatic heterocycles. The molecule has 2 aromatic rings. The summed E-state index contributed by atoms with van der Waals surface area (Å²) < 4.78 is 40.3. The molecule has 176 valence electrons. The third kappa shape index (κ3) is 3.58. The average Bonchev–Trinajstić information content (AvgIpc) is 2.80. The molecule has 7 nitrogen and oxygen atoms in total. The van der Waals surface area contributed by atoms with Crippen LogP contribution in [0.4, 0.5) is 0 Å². The standard InChI is InChI=1S/C23H24Cl2N2O5S/c1-31-16-8-13-6-7-26-22(21(13)20(12-16)32-2)18-4-3-5-19(23(26)28)27(18)33(29,30)17-10-14(24)9-15(25)11-17/h8-12,18-19,22H,3-7H2,1-2H3/t18-,19+,22?/m1/s1. The van der Waals surface area contributed by atoms with E-state index in [2.05, 4.69) is 0 Å². The fraction of sp³-hybridized carbons (Fsp3) is 0.435. The Bertz CT molecular complexity index is 1200. The molecular weight excluding hydrogens is 487 g/mol. The van der Waals surface area contributed by atoms with E-state index >= 15 is 0 Å². The minimum absolute atomic E-state index is 0.00382. The molecule has 5 rings (SSSR count). The van der Waals surface area contributed by atoms with Gasteiger partial charge in [-0.3, -0.25) is 4.79 Å². The number of halogens is 2. The summed E-state index contributed by atoms with van der Waals surface area (Å²) in [6.07, 6.45) is 2.54. The molecule has 1 unspecified atom stereocenters. The molecule has 1 amide bonds. The monoisotopic (exact) mass is 510 g/mol. The van der Waals surface area contributed by atoms with Crippen LogP contribution in [0, 0.1) is 0 Å². The van der Waals surface area contributed by atoms with Gasteiger partial charge in [-0.1, -0.05) is 23.2 Å². The zero-order valence-electron chi connectivity index (χ0n) is 18.3. The molecule has 3 heterocycles. The quantitative estimate of drug-likeness (QED) is 0.619. The smallest absolute Gasteiger partial charge is 0.244 e. The maximum Gasteiger partial charge on any atom is 0.244 e. The van der Waals surface area contributed by atoms with Gasteiger partial charge in [-0.05, 0) is 55.5 Å². The van der Waals surface area contributed by atoms with Gasteiger partial charge in [-0.25, -0.2) is 8.42 Å². The highest BCUT2D eigenvalue weighted by molar-refractivity contribution is 7.89. The molecule has 3 aliphatic heterocycles. The molecule has 0 radical (unpaired) electrons. The molecule has 2 aromatic carbocycles. The van der Waals surface area contributed by atoms with Crippen LogP contribution in [0.2, 0.25) is 10.0 Å². The SMILES string of the molecule is COc1cc2c(c(OC)c1)C1[C@H]3CCC[C@@H](C(=O)N1CC2)N3S(=O)(=O)c1cc(Cl)cc(Cl)c1. The molecule has 3 atom stereocenters. The van der Waals surface area contributed by atoms with Crippen molar-refractivity contribution in [3.05, 3.63) is 51.5 Å². The second-order valence-corrected chi connectivity index (χ2v) is 11.3. The normalized spacial score (nSPS) is 24.8. The van der Waals surface area contributed by atoms with E-state index in [4.69, 9.17) is 32.7 Å². The number of piperidine rings is 1. The molecule has 2 fully saturated rings. The van der Waals surface area contributed by atoms with Gasteiger partial charge in [0.2, 0.25) is 15.9 Å². The van der Waals surface area contributed by atoms with E-state index in [0.29, 0.717) is 37.3 Å². The number of carbonyl (C=O) groups excluding carboxylic acids is 1. The topological polar surface area (TPSA) is 76.2 Å². The van der Waals surface area contributed by atoms with Crippen molar-refractivity contribution < 1.29 is 22.7 Å². The Hall–Kier alpha value is -2.00. The predicted molar refractivity (Wildman–Crippen MR) is 125 cm³/mol. The van der Waals surface area contributed by atoms with Crippen LogP contribution in [0.15, 0.2) is 35.2 Å². The van der Waals surface area contributed by atoms with Crippen LogP contribution in [0.1, 0.15) is 36.4 Å². The number of fused-ring (bicyclic) bond motifs is 6. The number of amides is 1. The molecule has 3 aliphatic rings. The van der Waals surface area contributed by atoms with Crippen molar-refractivity contribution in [2.75, 3.05) is 20.8 Å². The summed E-state index contributed by atoms with van der Waals surface area (Å²) in [5.74, 6) is 1.09. The van der Waals surface area contributed by atoms with Crippen LogP contribution in [-0.2, 0) is 21.2 Å². The molecule has 2 bridgehead atoms. The number of ether oxygens (including phenoxy) is 2. The van der Waals surface area contributed by atoms with E-state index in [9.17, 15) is 13.2 Å². The molecule has 0 spiro atoms. The Labute approximate surface area is 203 Å². The third-order valence-corrected chi connectivity index (χ3v) is 9.21. The number of rotatable bonds is 4. The second kappa shape index (κ2) is 8.34. The minimum atomic E-state index is -4.03. The summed E-state index contributed by atoms with van der Waals surface area (Å²) in [5.41, 5.74) is 1.86. The van der Waals surface area contributed by atoms with Gasteiger partial charge in [0.15, 0.2) is 0 Å². The van der Waals surface area contributed by atoms with E-state index in [1.807, 2.05) is 11.0 Å². The van der Waals surface area contributed by atoms with Gasteiger partial charge < -0.3 is 14.4 Å². The van der Waals surface area contributed by atoms with Gasteiger partial charge in [-0.15, -0.1) is 0 Å². The summed E-state index contributed by atoms with van der Waals surface area (Å²) in [7, 11) is -0.865. The number of methoxy groups -OCH3 is 2. The van der Waals surface area contributed by atoms with E-state index in [0.717, 1.165) is 17.5 Å². The first-order chi connectivity index (χ1) is 15.8. The fourth-order valence-corrected chi connectivity index (χ4v) is 8.10. The Kier molecular flexibility index (Phi) is 5.76. The lowest BCUT2D eigenvalue weighted by molar-refractivity contribution is -0.150. The van der Waals surface area contributed by atoms with Crippen LogP contribution in [0.3, 0.4) is 0 Å². The number of sulfonamides is 1. The second-order valence-electron chi connectivity index (χ2n) is 8.58. The lowest BCUT2D eigenvalue weighted by Crippen LogP contribution is -2.67. The summed E-state index contributed by atoms with van der Waals surface area (Å²) in [4.78, 5) is 15.5. The first-order valence-corrected chi connectivity index (χ1v) is 13.0. The van der Waals surface area contributed by atoms with Crippen molar-refractivity contribution in [3.63, 3.8) is 0 Å². The van der Waals surface area contributed by atoms with Crippen LogP contribution in [-0.4, -0.2) is 56.4 Å². The maximum atomic E-state index is 13.9. The van der Waals surface area contributed by atoms with E-state index in [-0.39, 0.29) is 20.8 Å². The van der Waals surface area contributed by atoms with Crippen LogP contribution < -0.4 is 9.47 Å². The molecular formula is C23H24Cl2N2O5S. The Morgan fingerprint density at radius 3 is 2.39 bits per heavy atom. The fourth-order valence-electron chi connectivity index (χ4n) is 5.54. The molecule has 0 aliphatic carbocycles. The van der Waals surface area contributed by atoms with Gasteiger partial charge in [0.1, 0.15) is 17.5 Å². The van der Waals surface area contributed by atoms with Crippen LogP contribution in [0.25, 0.3) is 0 Å². The molecule has 2 saturated heterocycles. The van der Waals surface area contributed by atoms with Crippen LogP contribution >= 0.6 is 23.2 Å². The molecule has 0 N–H and O–H groups in total. The van der Waals surface area contributed by atoms with Crippen molar-refractivity contribution >= 4 is 39.1 Å².